The molecule has 2 rings (SSSR count). The average molecular weight is 336 g/mol. The van der Waals surface area contributed by atoms with Crippen LogP contribution in [0.3, 0.4) is 0 Å². The van der Waals surface area contributed by atoms with Crippen LogP contribution in [0, 0.1) is 10.1 Å². The summed E-state index contributed by atoms with van der Waals surface area (Å²) in [7, 11) is 0. The van der Waals surface area contributed by atoms with Gasteiger partial charge in [-0.3, -0.25) is 10.1 Å². The van der Waals surface area contributed by atoms with E-state index in [0.717, 1.165) is 11.8 Å². The van der Waals surface area contributed by atoms with Crippen LogP contribution in [-0.2, 0) is 0 Å². The lowest BCUT2D eigenvalue weighted by Crippen LogP contribution is -1.91. The summed E-state index contributed by atoms with van der Waals surface area (Å²) in [5.74, 6) is 0. The molecular formula is C11H5Cl3N2O2S. The molecule has 0 N–H and O–H groups in total. The zero-order chi connectivity index (χ0) is 14.0. The number of benzene rings is 1. The van der Waals surface area contributed by atoms with E-state index >= 15 is 0 Å². The number of para-hydroxylation sites is 1. The van der Waals surface area contributed by atoms with E-state index in [9.17, 15) is 10.1 Å². The minimum atomic E-state index is -0.465. The van der Waals surface area contributed by atoms with Gasteiger partial charge in [0.25, 0.3) is 5.69 Å². The van der Waals surface area contributed by atoms with Gasteiger partial charge < -0.3 is 0 Å². The van der Waals surface area contributed by atoms with E-state index in [1.807, 2.05) is 0 Å². The molecule has 0 saturated carbocycles. The van der Waals surface area contributed by atoms with Gasteiger partial charge in [-0.15, -0.1) is 0 Å². The van der Waals surface area contributed by atoms with E-state index in [4.69, 9.17) is 34.8 Å². The summed E-state index contributed by atoms with van der Waals surface area (Å²) in [6, 6.07) is 7.76. The number of nitro benzene ring substituents is 1. The van der Waals surface area contributed by atoms with Gasteiger partial charge in [-0.1, -0.05) is 58.7 Å². The minimum Gasteiger partial charge on any atom is -0.258 e. The normalized spacial score (nSPS) is 10.5. The van der Waals surface area contributed by atoms with Crippen molar-refractivity contribution in [3.8, 4) is 0 Å². The van der Waals surface area contributed by atoms with Crippen molar-refractivity contribution < 1.29 is 4.92 Å². The molecular weight excluding hydrogens is 331 g/mol. The highest BCUT2D eigenvalue weighted by Crippen LogP contribution is 2.39. The topological polar surface area (TPSA) is 56.0 Å². The van der Waals surface area contributed by atoms with E-state index in [1.165, 1.54) is 12.1 Å². The summed E-state index contributed by atoms with van der Waals surface area (Å²) in [5, 5.41) is 11.9. The Hall–Kier alpha value is -1.01. The summed E-state index contributed by atoms with van der Waals surface area (Å²) in [5.41, 5.74) is -0.0172. The molecule has 1 aromatic heterocycles. The Morgan fingerprint density at radius 2 is 1.84 bits per heavy atom. The summed E-state index contributed by atoms with van der Waals surface area (Å²) in [4.78, 5) is 14.9. The standard InChI is InChI=1S/C11H5Cl3N2O2S/c12-6-5-7(13)11(15-10(6)14)19-9-4-2-1-3-8(9)16(17)18/h1-5H. The van der Waals surface area contributed by atoms with Crippen molar-refractivity contribution in [2.45, 2.75) is 9.92 Å². The summed E-state index contributed by atoms with van der Waals surface area (Å²) < 4.78 is 0. The Kier molecular flexibility index (Phi) is 4.52. The molecule has 2 aromatic rings. The predicted octanol–water partition coefficient (Wildman–Crippen LogP) is 5.10. The molecule has 0 bridgehead atoms. The fourth-order valence-electron chi connectivity index (χ4n) is 1.30. The molecule has 0 fully saturated rings. The lowest BCUT2D eigenvalue weighted by Gasteiger charge is -2.05. The highest BCUT2D eigenvalue weighted by molar-refractivity contribution is 7.99. The molecule has 0 unspecified atom stereocenters. The van der Waals surface area contributed by atoms with Crippen molar-refractivity contribution in [3.05, 3.63) is 55.6 Å². The van der Waals surface area contributed by atoms with Gasteiger partial charge in [0.2, 0.25) is 0 Å². The zero-order valence-electron chi connectivity index (χ0n) is 9.14. The second-order valence-electron chi connectivity index (χ2n) is 3.37. The highest BCUT2D eigenvalue weighted by atomic mass is 35.5. The number of aromatic nitrogens is 1. The van der Waals surface area contributed by atoms with Crippen LogP contribution in [0.5, 0.6) is 0 Å². The van der Waals surface area contributed by atoms with Crippen molar-refractivity contribution in [2.75, 3.05) is 0 Å². The smallest absolute Gasteiger partial charge is 0.258 e. The lowest BCUT2D eigenvalue weighted by atomic mass is 10.3. The fraction of sp³-hybridized carbons (Fsp3) is 0. The Labute approximate surface area is 127 Å². The van der Waals surface area contributed by atoms with E-state index in [1.54, 1.807) is 18.2 Å². The minimum absolute atomic E-state index is 0.0172. The number of hydrogen-bond acceptors (Lipinski definition) is 4. The second-order valence-corrected chi connectivity index (χ2v) is 5.58. The van der Waals surface area contributed by atoms with Gasteiger partial charge in [-0.05, 0) is 12.1 Å². The maximum Gasteiger partial charge on any atom is 0.283 e. The van der Waals surface area contributed by atoms with Gasteiger partial charge in [-0.25, -0.2) is 4.98 Å². The molecule has 0 aliphatic carbocycles. The van der Waals surface area contributed by atoms with Gasteiger partial charge >= 0.3 is 0 Å². The SMILES string of the molecule is O=[N+]([O-])c1ccccc1Sc1nc(Cl)c(Cl)cc1Cl. The Balaban J connectivity index is 2.42. The van der Waals surface area contributed by atoms with Crippen molar-refractivity contribution in [3.63, 3.8) is 0 Å². The summed E-state index contributed by atoms with van der Waals surface area (Å²) >= 11 is 18.6. The third kappa shape index (κ3) is 3.30. The number of rotatable bonds is 3. The van der Waals surface area contributed by atoms with E-state index < -0.39 is 4.92 Å². The first-order valence-electron chi connectivity index (χ1n) is 4.92. The third-order valence-electron chi connectivity index (χ3n) is 2.12. The van der Waals surface area contributed by atoms with Crippen LogP contribution in [0.1, 0.15) is 0 Å². The molecule has 1 heterocycles. The molecule has 1 aromatic carbocycles. The molecule has 0 atom stereocenters. The van der Waals surface area contributed by atoms with Gasteiger partial charge in [0, 0.05) is 6.07 Å². The second kappa shape index (κ2) is 5.96. The summed E-state index contributed by atoms with van der Waals surface area (Å²) in [6.07, 6.45) is 0. The molecule has 0 radical (unpaired) electrons. The Morgan fingerprint density at radius 3 is 2.53 bits per heavy atom. The number of hydrogen-bond donors (Lipinski definition) is 0. The van der Waals surface area contributed by atoms with Crippen LogP contribution in [0.4, 0.5) is 5.69 Å². The van der Waals surface area contributed by atoms with Crippen LogP contribution in [0.2, 0.25) is 15.2 Å². The number of nitrogens with zero attached hydrogens (tertiary/aromatic N) is 2. The Bertz CT molecular complexity index is 652. The van der Waals surface area contributed by atoms with Gasteiger partial charge in [0.15, 0.2) is 0 Å². The molecule has 0 amide bonds. The molecule has 4 nitrogen and oxygen atoms in total. The maximum absolute atomic E-state index is 10.9. The Morgan fingerprint density at radius 1 is 1.16 bits per heavy atom. The summed E-state index contributed by atoms with van der Waals surface area (Å²) in [6.45, 7) is 0. The fourth-order valence-corrected chi connectivity index (χ4v) is 2.86. The van der Waals surface area contributed by atoms with E-state index in [2.05, 4.69) is 4.98 Å². The number of nitro groups is 1. The molecule has 8 heteroatoms. The molecule has 0 aliphatic heterocycles. The third-order valence-corrected chi connectivity index (χ3v) is 4.27. The first kappa shape index (κ1) is 14.4. The van der Waals surface area contributed by atoms with Crippen LogP contribution < -0.4 is 0 Å². The van der Waals surface area contributed by atoms with Crippen LogP contribution in [0.25, 0.3) is 0 Å². The van der Waals surface area contributed by atoms with Gasteiger partial charge in [0.05, 0.1) is 19.9 Å². The number of pyridine rings is 1. The molecule has 0 aliphatic rings. The highest BCUT2D eigenvalue weighted by Gasteiger charge is 2.16. The van der Waals surface area contributed by atoms with Crippen molar-refractivity contribution in [1.29, 1.82) is 0 Å². The predicted molar refractivity (Wildman–Crippen MR) is 76.5 cm³/mol. The molecule has 98 valence electrons. The van der Waals surface area contributed by atoms with Gasteiger partial charge in [-0.2, -0.15) is 0 Å². The van der Waals surface area contributed by atoms with Gasteiger partial charge in [0.1, 0.15) is 10.2 Å². The van der Waals surface area contributed by atoms with Crippen LogP contribution in [-0.4, -0.2) is 9.91 Å². The van der Waals surface area contributed by atoms with E-state index in [0.29, 0.717) is 9.92 Å². The average Bonchev–Trinajstić information content (AvgIpc) is 2.36. The monoisotopic (exact) mass is 334 g/mol. The maximum atomic E-state index is 10.9. The largest absolute Gasteiger partial charge is 0.283 e. The van der Waals surface area contributed by atoms with Crippen molar-refractivity contribution in [2.24, 2.45) is 0 Å². The quantitative estimate of drug-likeness (QED) is 0.445. The first-order chi connectivity index (χ1) is 8.99. The number of halogens is 3. The molecule has 19 heavy (non-hydrogen) atoms. The molecule has 0 spiro atoms. The van der Waals surface area contributed by atoms with Crippen molar-refractivity contribution >= 4 is 52.3 Å². The molecule has 0 saturated heterocycles. The van der Waals surface area contributed by atoms with Crippen LogP contribution in [0.15, 0.2) is 40.3 Å². The van der Waals surface area contributed by atoms with E-state index in [-0.39, 0.29) is 20.9 Å². The van der Waals surface area contributed by atoms with Crippen LogP contribution >= 0.6 is 46.6 Å². The lowest BCUT2D eigenvalue weighted by molar-refractivity contribution is -0.387. The van der Waals surface area contributed by atoms with Crippen molar-refractivity contribution in [1.82, 2.24) is 4.98 Å². The zero-order valence-corrected chi connectivity index (χ0v) is 12.2. The first-order valence-corrected chi connectivity index (χ1v) is 6.87.